The monoisotopic (exact) mass is 299 g/mol. The Morgan fingerprint density at radius 1 is 1.18 bits per heavy atom. The lowest BCUT2D eigenvalue weighted by Gasteiger charge is -2.02. The van der Waals surface area contributed by atoms with Gasteiger partial charge in [-0.05, 0) is 55.0 Å². The molecule has 0 fully saturated rings. The minimum absolute atomic E-state index is 0.235. The van der Waals surface area contributed by atoms with Gasteiger partial charge in [-0.15, -0.1) is 0 Å². The molecule has 0 heterocycles. The van der Waals surface area contributed by atoms with Crippen LogP contribution in [0.3, 0.4) is 0 Å². The highest BCUT2D eigenvalue weighted by molar-refractivity contribution is 5.88. The van der Waals surface area contributed by atoms with E-state index in [0.717, 1.165) is 12.2 Å². The smallest absolute Gasteiger partial charge is 0.336 e. The van der Waals surface area contributed by atoms with Crippen LogP contribution < -0.4 is 4.74 Å². The zero-order valence-corrected chi connectivity index (χ0v) is 11.6. The lowest BCUT2D eigenvalue weighted by Crippen LogP contribution is -2.04. The molecule has 3 nitrogen and oxygen atoms in total. The Bertz CT molecular complexity index is 751. The van der Waals surface area contributed by atoms with Gasteiger partial charge >= 0.3 is 5.97 Å². The predicted octanol–water partition coefficient (Wildman–Crippen LogP) is 3.76. The number of carbonyl (C=O) groups is 1. The first-order valence-corrected chi connectivity index (χ1v) is 6.35. The van der Waals surface area contributed by atoms with Crippen molar-refractivity contribution in [3.63, 3.8) is 0 Å². The van der Waals surface area contributed by atoms with Crippen molar-refractivity contribution in [1.82, 2.24) is 0 Å². The predicted molar refractivity (Wildman–Crippen MR) is 76.9 cm³/mol. The van der Waals surface area contributed by atoms with Crippen molar-refractivity contribution in [3.8, 4) is 11.8 Å². The molecule has 0 N–H and O–H groups in total. The van der Waals surface area contributed by atoms with E-state index in [9.17, 15) is 13.6 Å². The van der Waals surface area contributed by atoms with E-state index < -0.39 is 17.6 Å². The molecule has 2 rings (SSSR count). The van der Waals surface area contributed by atoms with Crippen molar-refractivity contribution in [3.05, 3.63) is 70.8 Å². The van der Waals surface area contributed by atoms with Gasteiger partial charge < -0.3 is 4.74 Å². The Kier molecular flexibility index (Phi) is 4.64. The average Bonchev–Trinajstić information content (AvgIpc) is 2.47. The van der Waals surface area contributed by atoms with Gasteiger partial charge in [0.15, 0.2) is 0 Å². The zero-order valence-electron chi connectivity index (χ0n) is 11.6. The van der Waals surface area contributed by atoms with Crippen LogP contribution in [0.5, 0.6) is 5.75 Å². The van der Waals surface area contributed by atoms with Gasteiger partial charge in [0.25, 0.3) is 0 Å². The maximum absolute atomic E-state index is 13.6. The molecule has 0 unspecified atom stereocenters. The van der Waals surface area contributed by atoms with Crippen molar-refractivity contribution in [1.29, 1.82) is 5.26 Å². The van der Waals surface area contributed by atoms with E-state index in [-0.39, 0.29) is 11.3 Å². The normalized spacial score (nSPS) is 10.5. The molecule has 0 saturated heterocycles. The fourth-order valence-corrected chi connectivity index (χ4v) is 1.77. The molecule has 5 heteroatoms. The fraction of sp³-hybridized carbons (Fsp3) is 0.0588. The maximum atomic E-state index is 13.6. The second-order valence-electron chi connectivity index (χ2n) is 4.53. The number of rotatable bonds is 3. The average molecular weight is 299 g/mol. The molecule has 22 heavy (non-hydrogen) atoms. The Hall–Kier alpha value is -3.00. The molecule has 0 aliphatic heterocycles. The SMILES string of the molecule is Cc1cc(F)c(C=CC(=O)Oc2ccc(C#N)cc2)c(F)c1. The molecule has 2 aromatic carbocycles. The molecule has 0 radical (unpaired) electrons. The number of hydrogen-bond donors (Lipinski definition) is 0. The van der Waals surface area contributed by atoms with E-state index in [2.05, 4.69) is 0 Å². The van der Waals surface area contributed by atoms with E-state index in [1.807, 2.05) is 6.07 Å². The van der Waals surface area contributed by atoms with Gasteiger partial charge in [0.05, 0.1) is 11.6 Å². The van der Waals surface area contributed by atoms with Gasteiger partial charge in [-0.2, -0.15) is 5.26 Å². The second-order valence-corrected chi connectivity index (χ2v) is 4.53. The highest BCUT2D eigenvalue weighted by Gasteiger charge is 2.08. The van der Waals surface area contributed by atoms with Gasteiger partial charge in [0, 0.05) is 11.6 Å². The maximum Gasteiger partial charge on any atom is 0.336 e. The molecule has 0 aliphatic rings. The first-order chi connectivity index (χ1) is 10.5. The van der Waals surface area contributed by atoms with Gasteiger partial charge in [0.1, 0.15) is 17.4 Å². The second kappa shape index (κ2) is 6.64. The van der Waals surface area contributed by atoms with Gasteiger partial charge in [-0.1, -0.05) is 0 Å². The topological polar surface area (TPSA) is 50.1 Å². The van der Waals surface area contributed by atoms with E-state index in [1.54, 1.807) is 6.92 Å². The lowest BCUT2D eigenvalue weighted by molar-refractivity contribution is -0.128. The number of carbonyl (C=O) groups excluding carboxylic acids is 1. The van der Waals surface area contributed by atoms with Crippen molar-refractivity contribution in [2.45, 2.75) is 6.92 Å². The molecule has 0 amide bonds. The van der Waals surface area contributed by atoms with Crippen molar-refractivity contribution in [2.75, 3.05) is 0 Å². The Morgan fingerprint density at radius 3 is 2.32 bits per heavy atom. The first kappa shape index (κ1) is 15.4. The summed E-state index contributed by atoms with van der Waals surface area (Å²) in [5.74, 6) is -2.04. The molecule has 0 spiro atoms. The molecule has 2 aromatic rings. The van der Waals surface area contributed by atoms with E-state index in [0.29, 0.717) is 11.1 Å². The quantitative estimate of drug-likeness (QED) is 0.492. The number of esters is 1. The summed E-state index contributed by atoms with van der Waals surface area (Å²) in [6.45, 7) is 1.57. The molecular formula is C17H11F2NO2. The van der Waals surface area contributed by atoms with Crippen LogP contribution in [-0.4, -0.2) is 5.97 Å². The Balaban J connectivity index is 2.10. The Morgan fingerprint density at radius 2 is 1.77 bits per heavy atom. The summed E-state index contributed by atoms with van der Waals surface area (Å²) >= 11 is 0. The molecule has 0 bridgehead atoms. The van der Waals surface area contributed by atoms with Crippen LogP contribution in [0.15, 0.2) is 42.5 Å². The Labute approximate surface area is 126 Å². The van der Waals surface area contributed by atoms with Gasteiger partial charge in [0.2, 0.25) is 0 Å². The largest absolute Gasteiger partial charge is 0.423 e. The number of hydrogen-bond acceptors (Lipinski definition) is 3. The summed E-state index contributed by atoms with van der Waals surface area (Å²) in [4.78, 5) is 11.6. The molecule has 0 aromatic heterocycles. The molecule has 0 saturated carbocycles. The van der Waals surface area contributed by atoms with E-state index in [4.69, 9.17) is 10.00 Å². The number of nitriles is 1. The van der Waals surface area contributed by atoms with Crippen LogP contribution in [0.1, 0.15) is 16.7 Å². The number of aryl methyl sites for hydroxylation is 1. The summed E-state index contributed by atoms with van der Waals surface area (Å²) < 4.78 is 32.2. The fourth-order valence-electron chi connectivity index (χ4n) is 1.77. The molecule has 0 atom stereocenters. The van der Waals surface area contributed by atoms with Crippen molar-refractivity contribution in [2.24, 2.45) is 0 Å². The number of nitrogens with zero attached hydrogens (tertiary/aromatic N) is 1. The standard InChI is InChI=1S/C17H11F2NO2/c1-11-8-15(18)14(16(19)9-11)6-7-17(21)22-13-4-2-12(10-20)3-5-13/h2-9H,1H3. The van der Waals surface area contributed by atoms with E-state index in [1.165, 1.54) is 36.4 Å². The van der Waals surface area contributed by atoms with Crippen LogP contribution in [0.4, 0.5) is 8.78 Å². The van der Waals surface area contributed by atoms with Crippen molar-refractivity contribution >= 4 is 12.0 Å². The third-order valence-electron chi connectivity index (χ3n) is 2.81. The van der Waals surface area contributed by atoms with Crippen LogP contribution in [0, 0.1) is 29.9 Å². The summed E-state index contributed by atoms with van der Waals surface area (Å²) in [7, 11) is 0. The first-order valence-electron chi connectivity index (χ1n) is 6.35. The summed E-state index contributed by atoms with van der Waals surface area (Å²) in [5, 5.41) is 8.65. The van der Waals surface area contributed by atoms with Crippen LogP contribution in [-0.2, 0) is 4.79 Å². The summed E-state index contributed by atoms with van der Waals surface area (Å²) in [6, 6.07) is 10.2. The van der Waals surface area contributed by atoms with Crippen LogP contribution in [0.25, 0.3) is 6.08 Å². The minimum atomic E-state index is -0.774. The third-order valence-corrected chi connectivity index (χ3v) is 2.81. The highest BCUT2D eigenvalue weighted by atomic mass is 19.1. The number of ether oxygens (including phenoxy) is 1. The summed E-state index contributed by atoms with van der Waals surface area (Å²) in [5.41, 5.74) is 0.578. The minimum Gasteiger partial charge on any atom is -0.423 e. The third kappa shape index (κ3) is 3.76. The number of benzene rings is 2. The molecule has 0 aliphatic carbocycles. The highest BCUT2D eigenvalue weighted by Crippen LogP contribution is 2.17. The van der Waals surface area contributed by atoms with Crippen molar-refractivity contribution < 1.29 is 18.3 Å². The lowest BCUT2D eigenvalue weighted by atomic mass is 10.1. The molecule has 110 valence electrons. The van der Waals surface area contributed by atoms with Crippen LogP contribution in [0.2, 0.25) is 0 Å². The zero-order chi connectivity index (χ0) is 16.1. The molecular weight excluding hydrogens is 288 g/mol. The van der Waals surface area contributed by atoms with E-state index >= 15 is 0 Å². The van der Waals surface area contributed by atoms with Gasteiger partial charge in [-0.3, -0.25) is 0 Å². The van der Waals surface area contributed by atoms with Crippen LogP contribution >= 0.6 is 0 Å². The van der Waals surface area contributed by atoms with Gasteiger partial charge in [-0.25, -0.2) is 13.6 Å². The summed E-state index contributed by atoms with van der Waals surface area (Å²) in [6.07, 6.45) is 1.96. The number of halogens is 2.